The number of methoxy groups -OCH3 is 1. The Bertz CT molecular complexity index is 1790. The van der Waals surface area contributed by atoms with E-state index in [-0.39, 0.29) is 18.1 Å². The molecule has 3 aliphatic rings. The molecule has 3 aliphatic heterocycles. The average Bonchev–Trinajstić information content (AvgIpc) is 3.29. The van der Waals surface area contributed by atoms with Gasteiger partial charge in [0, 0.05) is 50.7 Å². The Morgan fingerprint density at radius 2 is 1.84 bits per heavy atom. The number of hydrogen-bond acceptors (Lipinski definition) is 9. The topological polar surface area (TPSA) is 110 Å². The Balaban J connectivity index is 1.28. The number of likely N-dealkylation sites (N-methyl/N-ethyl adjacent to an activating group) is 1. The van der Waals surface area contributed by atoms with Crippen LogP contribution in [-0.2, 0) is 11.3 Å². The zero-order chi connectivity index (χ0) is 29.5. The monoisotopic (exact) mass is 582 g/mol. The minimum atomic E-state index is -0.191. The first kappa shape index (κ1) is 27.0. The van der Waals surface area contributed by atoms with Crippen molar-refractivity contribution in [2.75, 3.05) is 68.6 Å². The van der Waals surface area contributed by atoms with Gasteiger partial charge in [-0.25, -0.2) is 14.3 Å². The van der Waals surface area contributed by atoms with E-state index in [0.29, 0.717) is 47.2 Å². The van der Waals surface area contributed by atoms with Crippen LogP contribution >= 0.6 is 0 Å². The van der Waals surface area contributed by atoms with Gasteiger partial charge < -0.3 is 29.5 Å². The fourth-order valence-corrected chi connectivity index (χ4v) is 5.94. The highest BCUT2D eigenvalue weighted by Gasteiger charge is 2.27. The van der Waals surface area contributed by atoms with E-state index >= 15 is 0 Å². The van der Waals surface area contributed by atoms with Crippen LogP contribution < -0.4 is 30.1 Å². The number of benzene rings is 2. The smallest absolute Gasteiger partial charge is 0.278 e. The highest BCUT2D eigenvalue weighted by molar-refractivity contribution is 5.98. The summed E-state index contributed by atoms with van der Waals surface area (Å²) in [6, 6.07) is 11.6. The molecule has 0 spiro atoms. The second-order valence-corrected chi connectivity index (χ2v) is 11.0. The van der Waals surface area contributed by atoms with Gasteiger partial charge in [0.1, 0.15) is 16.9 Å². The maximum Gasteiger partial charge on any atom is 0.278 e. The van der Waals surface area contributed by atoms with Crippen molar-refractivity contribution in [3.8, 4) is 17.2 Å². The van der Waals surface area contributed by atoms with Crippen molar-refractivity contribution in [2.24, 2.45) is 0 Å². The highest BCUT2D eigenvalue weighted by atomic mass is 16.5. The second kappa shape index (κ2) is 11.1. The number of nitrogens with one attached hydrogen (secondary N) is 1. The average molecular weight is 583 g/mol. The van der Waals surface area contributed by atoms with Gasteiger partial charge in [-0.1, -0.05) is 12.2 Å². The molecule has 1 amide bonds. The van der Waals surface area contributed by atoms with Crippen LogP contribution in [-0.4, -0.2) is 83.6 Å². The van der Waals surface area contributed by atoms with Crippen molar-refractivity contribution in [3.63, 3.8) is 0 Å². The van der Waals surface area contributed by atoms with Crippen LogP contribution in [0.25, 0.3) is 16.7 Å². The third-order valence-corrected chi connectivity index (χ3v) is 8.28. The number of fused-ring (bicyclic) bond motifs is 5. The molecule has 1 N–H and O–H groups in total. The molecule has 0 aliphatic carbocycles. The molecule has 1 saturated heterocycles. The number of carbonyl (C=O) groups is 1. The lowest BCUT2D eigenvalue weighted by atomic mass is 10.1. The second-order valence-electron chi connectivity index (χ2n) is 11.0. The number of amides is 1. The van der Waals surface area contributed by atoms with Crippen LogP contribution in [0.2, 0.25) is 0 Å². The van der Waals surface area contributed by atoms with Gasteiger partial charge in [-0.05, 0) is 50.2 Å². The first-order valence-corrected chi connectivity index (χ1v) is 14.6. The summed E-state index contributed by atoms with van der Waals surface area (Å²) >= 11 is 0. The van der Waals surface area contributed by atoms with E-state index in [2.05, 4.69) is 33.2 Å². The molecule has 0 saturated carbocycles. The van der Waals surface area contributed by atoms with Crippen molar-refractivity contribution in [2.45, 2.75) is 19.4 Å². The predicted molar refractivity (Wildman–Crippen MR) is 165 cm³/mol. The SMILES string of the molecule is COc1cc(Nc2ncc3c(=O)n4n(c3n2)-c2ccc3c(c2)N(CCC/C=C\C4)C(=O)CO3)ccc1N1CCN(C)CC1. The van der Waals surface area contributed by atoms with Gasteiger partial charge in [-0.2, -0.15) is 4.98 Å². The van der Waals surface area contributed by atoms with E-state index in [1.165, 1.54) is 0 Å². The van der Waals surface area contributed by atoms with E-state index in [1.807, 2.05) is 42.5 Å². The summed E-state index contributed by atoms with van der Waals surface area (Å²) in [4.78, 5) is 42.1. The normalized spacial score (nSPS) is 18.0. The maximum atomic E-state index is 13.6. The standard InChI is InChI=1S/C31H34N8O4/c1-35-13-15-36(16-14-35)24-9-7-21(17-27(24)42-2)33-31-32-19-23-29(34-31)39-22-8-10-26-25(18-22)37(28(40)20-43-26)11-5-3-4-6-12-38(39)30(23)41/h4,6-10,17-19H,3,5,11-16,20H2,1-2H3,(H,32,33,34)/b6-4-. The van der Waals surface area contributed by atoms with Crippen molar-refractivity contribution >= 4 is 40.0 Å². The first-order valence-electron chi connectivity index (χ1n) is 14.6. The summed E-state index contributed by atoms with van der Waals surface area (Å²) in [7, 11) is 3.81. The summed E-state index contributed by atoms with van der Waals surface area (Å²) in [5, 5.41) is 3.70. The third-order valence-electron chi connectivity index (χ3n) is 8.28. The van der Waals surface area contributed by atoms with Crippen LogP contribution in [0.4, 0.5) is 23.0 Å². The minimum Gasteiger partial charge on any atom is -0.495 e. The molecule has 0 atom stereocenters. The quantitative estimate of drug-likeness (QED) is 0.363. The lowest BCUT2D eigenvalue weighted by molar-refractivity contribution is -0.121. The number of carbonyl (C=O) groups excluding carboxylic acids is 1. The summed E-state index contributed by atoms with van der Waals surface area (Å²) in [6.45, 7) is 4.85. The van der Waals surface area contributed by atoms with Crippen LogP contribution in [0.5, 0.6) is 11.5 Å². The number of ether oxygens (including phenoxy) is 2. The fourth-order valence-electron chi connectivity index (χ4n) is 5.94. The van der Waals surface area contributed by atoms with Crippen LogP contribution in [0, 0.1) is 0 Å². The van der Waals surface area contributed by atoms with Gasteiger partial charge in [0.2, 0.25) is 5.95 Å². The summed E-state index contributed by atoms with van der Waals surface area (Å²) in [6.07, 6.45) is 7.20. The van der Waals surface area contributed by atoms with Crippen molar-refractivity contribution < 1.29 is 14.3 Å². The Hall–Kier alpha value is -4.84. The predicted octanol–water partition coefficient (Wildman–Crippen LogP) is 3.16. The fraction of sp³-hybridized carbons (Fsp3) is 0.355. The minimum absolute atomic E-state index is 0.0166. The summed E-state index contributed by atoms with van der Waals surface area (Å²) < 4.78 is 14.9. The molecular formula is C31H34N8O4. The lowest BCUT2D eigenvalue weighted by Gasteiger charge is -2.34. The number of nitrogens with zero attached hydrogens (tertiary/aromatic N) is 7. The van der Waals surface area contributed by atoms with E-state index in [1.54, 1.807) is 27.6 Å². The molecule has 222 valence electrons. The Morgan fingerprint density at radius 3 is 2.67 bits per heavy atom. The maximum absolute atomic E-state index is 13.6. The lowest BCUT2D eigenvalue weighted by Crippen LogP contribution is -2.44. The molecule has 0 radical (unpaired) electrons. The van der Waals surface area contributed by atoms with E-state index < -0.39 is 0 Å². The van der Waals surface area contributed by atoms with E-state index in [0.717, 1.165) is 56.1 Å². The third kappa shape index (κ3) is 4.97. The zero-order valence-electron chi connectivity index (χ0n) is 24.3. The molecule has 2 bridgehead atoms. The summed E-state index contributed by atoms with van der Waals surface area (Å²) in [5.74, 6) is 1.68. The van der Waals surface area contributed by atoms with Crippen molar-refractivity contribution in [3.05, 3.63) is 65.1 Å². The van der Waals surface area contributed by atoms with Crippen molar-refractivity contribution in [1.82, 2.24) is 24.2 Å². The molecule has 12 nitrogen and oxygen atoms in total. The Morgan fingerprint density at radius 1 is 0.977 bits per heavy atom. The zero-order valence-corrected chi connectivity index (χ0v) is 24.3. The number of rotatable bonds is 4. The van der Waals surface area contributed by atoms with Gasteiger partial charge in [-0.15, -0.1) is 0 Å². The Labute approximate surface area is 248 Å². The molecule has 5 heterocycles. The molecule has 12 heteroatoms. The van der Waals surface area contributed by atoms with E-state index in [4.69, 9.17) is 14.5 Å². The molecule has 2 aromatic heterocycles. The molecular weight excluding hydrogens is 548 g/mol. The number of anilines is 4. The van der Waals surface area contributed by atoms with Gasteiger partial charge >= 0.3 is 0 Å². The van der Waals surface area contributed by atoms with Gasteiger partial charge in [0.25, 0.3) is 11.5 Å². The number of aromatic nitrogens is 4. The van der Waals surface area contributed by atoms with Crippen LogP contribution in [0.15, 0.2) is 59.5 Å². The molecule has 2 aromatic carbocycles. The molecule has 1 fully saturated rings. The molecule has 43 heavy (non-hydrogen) atoms. The largest absolute Gasteiger partial charge is 0.495 e. The first-order chi connectivity index (χ1) is 21.0. The number of hydrogen-bond donors (Lipinski definition) is 1. The molecule has 4 aromatic rings. The molecule has 0 unspecified atom stereocenters. The number of piperazine rings is 1. The van der Waals surface area contributed by atoms with Crippen LogP contribution in [0.3, 0.4) is 0 Å². The van der Waals surface area contributed by atoms with Gasteiger partial charge in [0.15, 0.2) is 12.3 Å². The summed E-state index contributed by atoms with van der Waals surface area (Å²) in [5.41, 5.74) is 3.48. The van der Waals surface area contributed by atoms with Gasteiger partial charge in [0.05, 0.1) is 30.7 Å². The highest BCUT2D eigenvalue weighted by Crippen LogP contribution is 2.36. The van der Waals surface area contributed by atoms with Crippen molar-refractivity contribution in [1.29, 1.82) is 0 Å². The number of allylic oxidation sites excluding steroid dienone is 2. The Kier molecular flexibility index (Phi) is 6.98. The van der Waals surface area contributed by atoms with Crippen LogP contribution in [0.1, 0.15) is 12.8 Å². The van der Waals surface area contributed by atoms with E-state index in [9.17, 15) is 9.59 Å². The van der Waals surface area contributed by atoms with Gasteiger partial charge in [-0.3, -0.25) is 9.59 Å². The molecule has 7 rings (SSSR count).